The molecule has 0 bridgehead atoms. The molecule has 0 radical (unpaired) electrons. The molecule has 1 fully saturated rings. The van der Waals surface area contributed by atoms with Gasteiger partial charge in [-0.2, -0.15) is 5.48 Å². The van der Waals surface area contributed by atoms with Crippen molar-refractivity contribution >= 4 is 52.1 Å². The summed E-state index contributed by atoms with van der Waals surface area (Å²) in [6, 6.07) is 13.5. The topological polar surface area (TPSA) is 116 Å². The predicted octanol–water partition coefficient (Wildman–Crippen LogP) is 2.05. The van der Waals surface area contributed by atoms with Crippen molar-refractivity contribution in [3.8, 4) is 0 Å². The lowest BCUT2D eigenvalue weighted by Gasteiger charge is -2.43. The van der Waals surface area contributed by atoms with Gasteiger partial charge in [0.2, 0.25) is 5.91 Å². The van der Waals surface area contributed by atoms with Crippen LogP contribution in [0.5, 0.6) is 0 Å². The van der Waals surface area contributed by atoms with E-state index in [2.05, 4.69) is 5.48 Å². The molecule has 9 nitrogen and oxygen atoms in total. The van der Waals surface area contributed by atoms with Crippen LogP contribution in [0.2, 0.25) is 0 Å². The zero-order valence-electron chi connectivity index (χ0n) is 21.3. The Balaban J connectivity index is 1.39. The molecule has 2 aromatic rings. The number of amides is 2. The number of nitrogens with zero attached hydrogens (tertiary/aromatic N) is 2. The van der Waals surface area contributed by atoms with Gasteiger partial charge in [0, 0.05) is 10.6 Å². The first-order valence-electron chi connectivity index (χ1n) is 12.2. The second-order valence-electron chi connectivity index (χ2n) is 9.70. The van der Waals surface area contributed by atoms with E-state index in [4.69, 9.17) is 4.84 Å². The largest absolute Gasteiger partial charge is 0.390 e. The van der Waals surface area contributed by atoms with Crippen molar-refractivity contribution in [2.45, 2.75) is 22.7 Å². The Morgan fingerprint density at radius 1 is 1.21 bits per heavy atom. The van der Waals surface area contributed by atoms with Crippen molar-refractivity contribution in [1.82, 2.24) is 10.4 Å². The minimum absolute atomic E-state index is 0.0580. The van der Waals surface area contributed by atoms with Gasteiger partial charge in [0.05, 0.1) is 51.4 Å². The van der Waals surface area contributed by atoms with Gasteiger partial charge in [0.25, 0.3) is 5.91 Å². The fraction of sp³-hybridized carbons (Fsp3) is 0.370. The van der Waals surface area contributed by atoms with Gasteiger partial charge in [-0.15, -0.1) is 23.5 Å². The summed E-state index contributed by atoms with van der Waals surface area (Å²) in [6.07, 6.45) is 3.98. The first kappa shape index (κ1) is 28.2. The summed E-state index contributed by atoms with van der Waals surface area (Å²) in [5.41, 5.74) is 2.97. The number of hydroxylamine groups is 1. The molecule has 3 N–H and O–H groups in total. The van der Waals surface area contributed by atoms with Crippen LogP contribution in [0.25, 0.3) is 10.8 Å². The van der Waals surface area contributed by atoms with Crippen LogP contribution in [-0.4, -0.2) is 94.2 Å². The third-order valence-corrected chi connectivity index (χ3v) is 8.96. The Labute approximate surface area is 230 Å². The summed E-state index contributed by atoms with van der Waals surface area (Å²) in [7, 11) is 3.78. The molecule has 0 saturated carbocycles. The van der Waals surface area contributed by atoms with E-state index in [0.29, 0.717) is 28.8 Å². The van der Waals surface area contributed by atoms with Gasteiger partial charge in [0.15, 0.2) is 0 Å². The number of carbonyl (C=O) groups is 3. The summed E-state index contributed by atoms with van der Waals surface area (Å²) >= 11 is 2.89. The van der Waals surface area contributed by atoms with Crippen LogP contribution >= 0.6 is 23.5 Å². The maximum Gasteiger partial charge on any atom is 0.379 e. The molecule has 2 amide bonds. The highest BCUT2D eigenvalue weighted by atomic mass is 32.2. The van der Waals surface area contributed by atoms with Gasteiger partial charge >= 0.3 is 5.97 Å². The number of β-lactam (4-membered cyclic amide) rings is 1. The Morgan fingerprint density at radius 3 is 2.66 bits per heavy atom. The van der Waals surface area contributed by atoms with Crippen LogP contribution in [0.15, 0.2) is 70.8 Å². The number of fused-ring (bicyclic) bond motifs is 2. The number of hydrogen-bond donors (Lipinski definition) is 3. The van der Waals surface area contributed by atoms with Gasteiger partial charge in [-0.1, -0.05) is 36.4 Å². The number of hydrogen-bond acceptors (Lipinski definition) is 8. The lowest BCUT2D eigenvalue weighted by molar-refractivity contribution is -0.910. The van der Waals surface area contributed by atoms with Crippen molar-refractivity contribution in [2.24, 2.45) is 0 Å². The van der Waals surface area contributed by atoms with Crippen molar-refractivity contribution in [1.29, 1.82) is 0 Å². The number of benzene rings is 2. The van der Waals surface area contributed by atoms with E-state index in [0.717, 1.165) is 15.7 Å². The number of nitrogens with one attached hydrogen (secondary N) is 1. The average Bonchev–Trinajstić information content (AvgIpc) is 2.90. The second kappa shape index (κ2) is 12.4. The Hall–Kier alpha value is -2.83. The molecular weight excluding hydrogens is 526 g/mol. The molecule has 2 aliphatic rings. The number of thioether (sulfide) groups is 2. The molecule has 38 heavy (non-hydrogen) atoms. The van der Waals surface area contributed by atoms with Crippen LogP contribution in [0.3, 0.4) is 0 Å². The first-order chi connectivity index (χ1) is 18.2. The normalized spacial score (nSPS) is 17.7. The van der Waals surface area contributed by atoms with E-state index in [1.165, 1.54) is 16.7 Å². The Kier molecular flexibility index (Phi) is 9.16. The highest BCUT2D eigenvalue weighted by Crippen LogP contribution is 2.40. The standard InChI is InChI=1S/C27H31N3O6S2/c1-30(2,21(14-31)15-32)11-5-8-20-16-38-25-13-24(34)29(25)26(20)27(35)36-28-23(33)17-37-22-10-9-18-6-3-4-7-19(18)12-22/h3-10,12,21,25,31-32H,11,13-17H2,1-2H3/p+1/t25-/m1/s1. The molecule has 0 aromatic heterocycles. The van der Waals surface area contributed by atoms with Crippen LogP contribution in [0.1, 0.15) is 6.42 Å². The number of aliphatic hydroxyl groups excluding tert-OH is 2. The Bertz CT molecular complexity index is 1270. The van der Waals surface area contributed by atoms with E-state index in [1.54, 1.807) is 17.8 Å². The molecule has 0 spiro atoms. The van der Waals surface area contributed by atoms with E-state index in [9.17, 15) is 24.6 Å². The molecule has 0 aliphatic carbocycles. The number of carbonyl (C=O) groups excluding carboxylic acids is 3. The number of allylic oxidation sites excluding steroid dienone is 1. The number of likely N-dealkylation sites (N-methyl/N-ethyl adjacent to an activating group) is 1. The van der Waals surface area contributed by atoms with Crippen molar-refractivity contribution in [3.05, 3.63) is 65.9 Å². The van der Waals surface area contributed by atoms with Crippen molar-refractivity contribution in [3.63, 3.8) is 0 Å². The fourth-order valence-corrected chi connectivity index (χ4v) is 6.23. The maximum atomic E-state index is 13.0. The molecule has 202 valence electrons. The minimum Gasteiger partial charge on any atom is -0.390 e. The SMILES string of the molecule is C[N+](C)(CC=CC1=C(C(=O)ONC(=O)CSc2ccc3ccccc3c2)N2C(=O)C[C@H]2SC1)C(CO)CO. The molecule has 1 saturated heterocycles. The predicted molar refractivity (Wildman–Crippen MR) is 148 cm³/mol. The summed E-state index contributed by atoms with van der Waals surface area (Å²) in [6.45, 7) is 0.176. The summed E-state index contributed by atoms with van der Waals surface area (Å²) < 4.78 is 0.347. The fourth-order valence-electron chi connectivity index (χ4n) is 4.26. The zero-order valence-corrected chi connectivity index (χ0v) is 23.0. The third kappa shape index (κ3) is 6.41. The molecule has 2 aromatic carbocycles. The van der Waals surface area contributed by atoms with Crippen molar-refractivity contribution in [2.75, 3.05) is 45.4 Å². The molecule has 2 aliphatic heterocycles. The van der Waals surface area contributed by atoms with Gasteiger partial charge < -0.3 is 19.5 Å². The number of rotatable bonds is 10. The minimum atomic E-state index is -0.788. The summed E-state index contributed by atoms with van der Waals surface area (Å²) in [5, 5.41) is 21.1. The van der Waals surface area contributed by atoms with Gasteiger partial charge in [-0.05, 0) is 34.6 Å². The lowest BCUT2D eigenvalue weighted by Crippen LogP contribution is -2.54. The van der Waals surface area contributed by atoms with E-state index in [-0.39, 0.29) is 42.0 Å². The molecule has 0 unspecified atom stereocenters. The lowest BCUT2D eigenvalue weighted by atomic mass is 10.1. The van der Waals surface area contributed by atoms with Crippen LogP contribution in [0.4, 0.5) is 0 Å². The number of aliphatic hydroxyl groups is 2. The molecule has 1 atom stereocenters. The van der Waals surface area contributed by atoms with Crippen LogP contribution < -0.4 is 5.48 Å². The summed E-state index contributed by atoms with van der Waals surface area (Å²) in [5.74, 6) is -0.858. The number of quaternary nitrogens is 1. The smallest absolute Gasteiger partial charge is 0.379 e. The highest BCUT2D eigenvalue weighted by molar-refractivity contribution is 8.00. The van der Waals surface area contributed by atoms with Gasteiger partial charge in [-0.25, -0.2) is 4.79 Å². The van der Waals surface area contributed by atoms with Crippen LogP contribution in [0, 0.1) is 0 Å². The quantitative estimate of drug-likeness (QED) is 0.176. The zero-order chi connectivity index (χ0) is 27.3. The second-order valence-corrected chi connectivity index (χ2v) is 11.9. The first-order valence-corrected chi connectivity index (χ1v) is 14.3. The summed E-state index contributed by atoms with van der Waals surface area (Å²) in [4.78, 5) is 45.2. The van der Waals surface area contributed by atoms with Gasteiger partial charge in [-0.3, -0.25) is 14.5 Å². The van der Waals surface area contributed by atoms with E-state index < -0.39 is 11.9 Å². The van der Waals surface area contributed by atoms with Gasteiger partial charge in [0.1, 0.15) is 11.7 Å². The van der Waals surface area contributed by atoms with Crippen molar-refractivity contribution < 1.29 is 33.9 Å². The van der Waals surface area contributed by atoms with Crippen LogP contribution in [-0.2, 0) is 19.2 Å². The van der Waals surface area contributed by atoms with E-state index in [1.807, 2.05) is 62.6 Å². The Morgan fingerprint density at radius 2 is 1.95 bits per heavy atom. The molecule has 4 rings (SSSR count). The average molecular weight is 559 g/mol. The molecule has 2 heterocycles. The maximum absolute atomic E-state index is 13.0. The van der Waals surface area contributed by atoms with E-state index >= 15 is 0 Å². The molecular formula is C27H32N3O6S2+. The monoisotopic (exact) mass is 558 g/mol. The molecule has 11 heteroatoms. The highest BCUT2D eigenvalue weighted by Gasteiger charge is 2.45. The third-order valence-electron chi connectivity index (χ3n) is 6.73.